The highest BCUT2D eigenvalue weighted by Gasteiger charge is 2.18. The minimum Gasteiger partial charge on any atom is -0.325 e. The van der Waals surface area contributed by atoms with Crippen molar-refractivity contribution in [2.24, 2.45) is 0 Å². The number of rotatable bonds is 6. The average molecular weight is 375 g/mol. The molecule has 0 unspecified atom stereocenters. The van der Waals surface area contributed by atoms with Crippen LogP contribution in [0, 0.1) is 13.8 Å². The molecule has 140 valence electrons. The van der Waals surface area contributed by atoms with Gasteiger partial charge in [-0.2, -0.15) is 0 Å². The highest BCUT2D eigenvalue weighted by Crippen LogP contribution is 2.27. The molecule has 6 nitrogen and oxygen atoms in total. The van der Waals surface area contributed by atoms with Gasteiger partial charge in [0.1, 0.15) is 4.88 Å². The van der Waals surface area contributed by atoms with Crippen LogP contribution in [-0.4, -0.2) is 42.3 Å². The predicted molar refractivity (Wildman–Crippen MR) is 107 cm³/mol. The molecule has 0 radical (unpaired) electrons. The van der Waals surface area contributed by atoms with Gasteiger partial charge in [0.05, 0.1) is 17.2 Å². The minimum absolute atomic E-state index is 0.101. The maximum Gasteiger partial charge on any atom is 0.267 e. The lowest BCUT2D eigenvalue weighted by atomic mass is 10.1. The third-order valence-corrected chi connectivity index (χ3v) is 5.20. The molecule has 2 amide bonds. The van der Waals surface area contributed by atoms with Gasteiger partial charge < -0.3 is 15.5 Å². The number of aromatic nitrogens is 1. The van der Waals surface area contributed by atoms with Crippen molar-refractivity contribution >= 4 is 34.5 Å². The molecule has 1 aromatic heterocycles. The molecule has 0 atom stereocenters. The van der Waals surface area contributed by atoms with Crippen LogP contribution in [0.3, 0.4) is 0 Å². The van der Waals surface area contributed by atoms with Crippen molar-refractivity contribution in [2.45, 2.75) is 33.6 Å². The predicted octanol–water partition coefficient (Wildman–Crippen LogP) is 3.64. The number of nitrogens with zero attached hydrogens (tertiary/aromatic N) is 2. The van der Waals surface area contributed by atoms with Crippen LogP contribution in [0.1, 0.15) is 45.7 Å². The molecule has 2 aromatic rings. The number of benzene rings is 1. The molecule has 0 bridgehead atoms. The van der Waals surface area contributed by atoms with Crippen molar-refractivity contribution in [3.05, 3.63) is 39.3 Å². The highest BCUT2D eigenvalue weighted by molar-refractivity contribution is 7.14. The second-order valence-electron chi connectivity index (χ2n) is 6.89. The van der Waals surface area contributed by atoms with Gasteiger partial charge >= 0.3 is 0 Å². The van der Waals surface area contributed by atoms with Crippen LogP contribution < -0.4 is 10.6 Å². The fourth-order valence-electron chi connectivity index (χ4n) is 2.38. The van der Waals surface area contributed by atoms with Crippen molar-refractivity contribution in [2.75, 3.05) is 31.3 Å². The molecule has 0 aliphatic carbocycles. The van der Waals surface area contributed by atoms with Gasteiger partial charge in [-0.25, -0.2) is 4.98 Å². The summed E-state index contributed by atoms with van der Waals surface area (Å²) in [6, 6.07) is 5.48. The van der Waals surface area contributed by atoms with Crippen molar-refractivity contribution in [3.63, 3.8) is 0 Å². The molecule has 7 heteroatoms. The normalized spacial score (nSPS) is 11.1. The summed E-state index contributed by atoms with van der Waals surface area (Å²) in [5, 5.41) is 6.74. The zero-order valence-electron chi connectivity index (χ0n) is 16.1. The van der Waals surface area contributed by atoms with E-state index in [-0.39, 0.29) is 17.7 Å². The summed E-state index contributed by atoms with van der Waals surface area (Å²) in [5.41, 5.74) is 3.00. The third-order valence-electron chi connectivity index (χ3n) is 3.74. The molecule has 0 fully saturated rings. The first-order valence-electron chi connectivity index (χ1n) is 8.51. The van der Waals surface area contributed by atoms with Gasteiger partial charge in [-0.05, 0) is 45.6 Å². The van der Waals surface area contributed by atoms with Gasteiger partial charge in [-0.3, -0.25) is 9.59 Å². The summed E-state index contributed by atoms with van der Waals surface area (Å²) in [6.07, 6.45) is 0. The Labute approximate surface area is 158 Å². The zero-order chi connectivity index (χ0) is 19.4. The molecule has 26 heavy (non-hydrogen) atoms. The fraction of sp³-hybridized carbons (Fsp3) is 0.421. The van der Waals surface area contributed by atoms with E-state index in [4.69, 9.17) is 0 Å². The van der Waals surface area contributed by atoms with Gasteiger partial charge in [-0.1, -0.05) is 19.9 Å². The Kier molecular flexibility index (Phi) is 6.50. The lowest BCUT2D eigenvalue weighted by molar-refractivity contribution is -0.116. The number of carbonyl (C=O) groups excluding carboxylic acids is 2. The van der Waals surface area contributed by atoms with E-state index in [2.05, 4.69) is 29.5 Å². The first-order valence-corrected chi connectivity index (χ1v) is 9.33. The molecule has 2 rings (SSSR count). The van der Waals surface area contributed by atoms with Gasteiger partial charge in [-0.15, -0.1) is 11.3 Å². The van der Waals surface area contributed by atoms with E-state index in [0.29, 0.717) is 22.8 Å². The van der Waals surface area contributed by atoms with E-state index < -0.39 is 0 Å². The van der Waals surface area contributed by atoms with Crippen molar-refractivity contribution < 1.29 is 9.59 Å². The van der Waals surface area contributed by atoms with Crippen LogP contribution in [0.4, 0.5) is 11.4 Å². The van der Waals surface area contributed by atoms with E-state index in [0.717, 1.165) is 16.3 Å². The Hall–Kier alpha value is -2.25. The van der Waals surface area contributed by atoms with E-state index >= 15 is 0 Å². The molecular formula is C19H26N4O2S. The highest BCUT2D eigenvalue weighted by atomic mass is 32.1. The van der Waals surface area contributed by atoms with Gasteiger partial charge in [0.25, 0.3) is 5.91 Å². The van der Waals surface area contributed by atoms with Crippen LogP contribution in [0.15, 0.2) is 18.2 Å². The Balaban J connectivity index is 2.17. The smallest absolute Gasteiger partial charge is 0.267 e. The standard InChI is InChI=1S/C19H26N4O2S/c1-11(2)19-20-13(4)17(26-19)18(25)22-15-9-14(8-7-12(15)3)21-16(24)10-23(5)6/h7-9,11H,10H2,1-6H3,(H,21,24)(H,22,25). The average Bonchev–Trinajstić information content (AvgIpc) is 2.92. The SMILES string of the molecule is Cc1ccc(NC(=O)CN(C)C)cc1NC(=O)c1sc(C(C)C)nc1C. The molecule has 0 spiro atoms. The summed E-state index contributed by atoms with van der Waals surface area (Å²) < 4.78 is 0. The molecule has 0 aliphatic heterocycles. The summed E-state index contributed by atoms with van der Waals surface area (Å²) in [5.74, 6) is 0.0139. The number of likely N-dealkylation sites (N-methyl/N-ethyl adjacent to an activating group) is 1. The number of carbonyl (C=O) groups is 2. The van der Waals surface area contributed by atoms with Gasteiger partial charge in [0.15, 0.2) is 0 Å². The van der Waals surface area contributed by atoms with Crippen molar-refractivity contribution in [1.29, 1.82) is 0 Å². The number of amides is 2. The maximum absolute atomic E-state index is 12.7. The van der Waals surface area contributed by atoms with E-state index in [9.17, 15) is 9.59 Å². The summed E-state index contributed by atoms with van der Waals surface area (Å²) in [6.45, 7) is 8.18. The first kappa shape index (κ1) is 20.1. The number of nitrogens with one attached hydrogen (secondary N) is 2. The second kappa shape index (κ2) is 8.42. The van der Waals surface area contributed by atoms with Gasteiger partial charge in [0, 0.05) is 17.3 Å². The quantitative estimate of drug-likeness (QED) is 0.810. The van der Waals surface area contributed by atoms with Crippen LogP contribution in [0.25, 0.3) is 0 Å². The summed E-state index contributed by atoms with van der Waals surface area (Å²) in [7, 11) is 3.67. The Bertz CT molecular complexity index is 812. The van der Waals surface area contributed by atoms with Crippen LogP contribution >= 0.6 is 11.3 Å². The third kappa shape index (κ3) is 5.12. The van der Waals surface area contributed by atoms with E-state index in [1.54, 1.807) is 11.0 Å². The van der Waals surface area contributed by atoms with Crippen LogP contribution in [0.2, 0.25) is 0 Å². The lowest BCUT2D eigenvalue weighted by Crippen LogP contribution is -2.27. The zero-order valence-corrected chi connectivity index (χ0v) is 17.0. The number of hydrogen-bond acceptors (Lipinski definition) is 5. The molecule has 0 aliphatic rings. The summed E-state index contributed by atoms with van der Waals surface area (Å²) >= 11 is 1.42. The second-order valence-corrected chi connectivity index (χ2v) is 7.92. The van der Waals surface area contributed by atoms with E-state index in [1.165, 1.54) is 11.3 Å². The van der Waals surface area contributed by atoms with Crippen LogP contribution in [-0.2, 0) is 4.79 Å². The Morgan fingerprint density at radius 3 is 2.46 bits per heavy atom. The van der Waals surface area contributed by atoms with Crippen molar-refractivity contribution in [3.8, 4) is 0 Å². The number of thiazole rings is 1. The first-order chi connectivity index (χ1) is 12.2. The summed E-state index contributed by atoms with van der Waals surface area (Å²) in [4.78, 5) is 31.5. The Morgan fingerprint density at radius 1 is 1.19 bits per heavy atom. The van der Waals surface area contributed by atoms with Crippen LogP contribution in [0.5, 0.6) is 0 Å². The molecule has 1 heterocycles. The topological polar surface area (TPSA) is 74.3 Å². The van der Waals surface area contributed by atoms with Crippen molar-refractivity contribution in [1.82, 2.24) is 9.88 Å². The lowest BCUT2D eigenvalue weighted by Gasteiger charge is -2.13. The number of aryl methyl sites for hydroxylation is 2. The number of anilines is 2. The molecule has 2 N–H and O–H groups in total. The molecular weight excluding hydrogens is 348 g/mol. The maximum atomic E-state index is 12.7. The molecule has 0 saturated carbocycles. The minimum atomic E-state index is -0.174. The van der Waals surface area contributed by atoms with Gasteiger partial charge in [0.2, 0.25) is 5.91 Å². The number of hydrogen-bond donors (Lipinski definition) is 2. The Morgan fingerprint density at radius 2 is 1.88 bits per heavy atom. The largest absolute Gasteiger partial charge is 0.325 e. The molecule has 0 saturated heterocycles. The van der Waals surface area contributed by atoms with E-state index in [1.807, 2.05) is 40.1 Å². The molecule has 1 aromatic carbocycles. The fourth-order valence-corrected chi connectivity index (χ4v) is 3.34. The monoisotopic (exact) mass is 374 g/mol.